The first-order chi connectivity index (χ1) is 8.67. The molecule has 1 aromatic rings. The van der Waals surface area contributed by atoms with Gasteiger partial charge in [-0.15, -0.1) is 0 Å². The Kier molecular flexibility index (Phi) is 6.19. The maximum absolute atomic E-state index is 13.0. The lowest BCUT2D eigenvalue weighted by Crippen LogP contribution is -2.36. The number of amides is 2. The number of rotatable bonds is 6. The zero-order valence-electron chi connectivity index (χ0n) is 11.1. The average molecular weight is 252 g/mol. The fourth-order valence-electron chi connectivity index (χ4n) is 1.70. The van der Waals surface area contributed by atoms with Crippen LogP contribution in [0.15, 0.2) is 24.3 Å². The van der Waals surface area contributed by atoms with Gasteiger partial charge in [-0.3, -0.25) is 0 Å². The van der Waals surface area contributed by atoms with Gasteiger partial charge >= 0.3 is 6.03 Å². The van der Waals surface area contributed by atoms with Crippen molar-refractivity contribution >= 4 is 11.7 Å². The van der Waals surface area contributed by atoms with Crippen molar-refractivity contribution in [2.24, 2.45) is 0 Å². The Labute approximate surface area is 108 Å². The molecule has 0 bridgehead atoms. The number of unbranched alkanes of at least 4 members (excludes halogenated alkanes) is 1. The molecule has 0 spiro atoms. The van der Waals surface area contributed by atoms with Gasteiger partial charge in [0.15, 0.2) is 0 Å². The molecule has 0 aliphatic rings. The number of hydrogen-bond acceptors (Lipinski definition) is 1. The van der Waals surface area contributed by atoms with Crippen molar-refractivity contribution in [1.82, 2.24) is 4.90 Å². The van der Waals surface area contributed by atoms with Gasteiger partial charge in [-0.1, -0.05) is 26.3 Å². The lowest BCUT2D eigenvalue weighted by atomic mass is 10.3. The van der Waals surface area contributed by atoms with Gasteiger partial charge in [-0.2, -0.15) is 0 Å². The van der Waals surface area contributed by atoms with E-state index < -0.39 is 0 Å². The smallest absolute Gasteiger partial charge is 0.321 e. The third-order valence-corrected chi connectivity index (χ3v) is 2.64. The zero-order valence-corrected chi connectivity index (χ0v) is 11.1. The van der Waals surface area contributed by atoms with Gasteiger partial charge < -0.3 is 10.2 Å². The molecule has 0 heterocycles. The van der Waals surface area contributed by atoms with Crippen molar-refractivity contribution in [3.8, 4) is 0 Å². The Balaban J connectivity index is 2.60. The predicted octanol–water partition coefficient (Wildman–Crippen LogP) is 3.87. The maximum atomic E-state index is 13.0. The molecule has 3 nitrogen and oxygen atoms in total. The second kappa shape index (κ2) is 7.69. The van der Waals surface area contributed by atoms with Crippen LogP contribution in [-0.4, -0.2) is 24.0 Å². The summed E-state index contributed by atoms with van der Waals surface area (Å²) in [4.78, 5) is 13.8. The third-order valence-electron chi connectivity index (χ3n) is 2.64. The lowest BCUT2D eigenvalue weighted by molar-refractivity contribution is 0.211. The largest absolute Gasteiger partial charge is 0.325 e. The Hall–Kier alpha value is -1.58. The fraction of sp³-hybridized carbons (Fsp3) is 0.500. The van der Waals surface area contributed by atoms with Gasteiger partial charge in [0.05, 0.1) is 0 Å². The first-order valence-corrected chi connectivity index (χ1v) is 6.48. The van der Waals surface area contributed by atoms with E-state index in [0.29, 0.717) is 5.69 Å². The van der Waals surface area contributed by atoms with Crippen molar-refractivity contribution < 1.29 is 9.18 Å². The summed E-state index contributed by atoms with van der Waals surface area (Å²) >= 11 is 0. The molecule has 2 amide bonds. The van der Waals surface area contributed by atoms with Crippen LogP contribution in [0.25, 0.3) is 0 Å². The van der Waals surface area contributed by atoms with Crippen LogP contribution >= 0.6 is 0 Å². The molecule has 0 fully saturated rings. The molecular weight excluding hydrogens is 231 g/mol. The molecule has 0 saturated carbocycles. The van der Waals surface area contributed by atoms with E-state index >= 15 is 0 Å². The number of nitrogens with zero attached hydrogens (tertiary/aromatic N) is 1. The second-order valence-corrected chi connectivity index (χ2v) is 4.28. The number of carbonyl (C=O) groups excluding carboxylic acids is 1. The second-order valence-electron chi connectivity index (χ2n) is 4.28. The normalized spacial score (nSPS) is 10.2. The predicted molar refractivity (Wildman–Crippen MR) is 72.2 cm³/mol. The highest BCUT2D eigenvalue weighted by Gasteiger charge is 2.12. The summed E-state index contributed by atoms with van der Waals surface area (Å²) in [5.41, 5.74) is 0.498. The Morgan fingerprint density at radius 3 is 2.67 bits per heavy atom. The number of urea groups is 1. The van der Waals surface area contributed by atoms with Crippen molar-refractivity contribution in [2.75, 3.05) is 18.4 Å². The molecule has 1 rings (SSSR count). The Bertz CT molecular complexity index is 382. The number of halogens is 1. The average Bonchev–Trinajstić information content (AvgIpc) is 2.34. The van der Waals surface area contributed by atoms with E-state index in [1.165, 1.54) is 12.1 Å². The number of carbonyl (C=O) groups is 1. The number of anilines is 1. The molecule has 0 saturated heterocycles. The van der Waals surface area contributed by atoms with E-state index in [0.717, 1.165) is 32.4 Å². The van der Waals surface area contributed by atoms with E-state index in [-0.39, 0.29) is 11.8 Å². The number of nitrogens with one attached hydrogen (secondary N) is 1. The summed E-state index contributed by atoms with van der Waals surface area (Å²) in [6.45, 7) is 5.59. The first kappa shape index (κ1) is 14.5. The monoisotopic (exact) mass is 252 g/mol. The molecular formula is C14H21FN2O. The van der Waals surface area contributed by atoms with Crippen LogP contribution in [0.2, 0.25) is 0 Å². The molecule has 4 heteroatoms. The lowest BCUT2D eigenvalue weighted by Gasteiger charge is -2.22. The van der Waals surface area contributed by atoms with Gasteiger partial charge in [-0.05, 0) is 31.0 Å². The van der Waals surface area contributed by atoms with Gasteiger partial charge in [0.25, 0.3) is 0 Å². The van der Waals surface area contributed by atoms with E-state index in [2.05, 4.69) is 12.2 Å². The Morgan fingerprint density at radius 2 is 2.06 bits per heavy atom. The van der Waals surface area contributed by atoms with E-state index in [1.807, 2.05) is 6.92 Å². The summed E-state index contributed by atoms with van der Waals surface area (Å²) in [6, 6.07) is 5.79. The summed E-state index contributed by atoms with van der Waals surface area (Å²) in [5, 5.41) is 2.72. The van der Waals surface area contributed by atoms with Crippen molar-refractivity contribution in [2.45, 2.75) is 33.1 Å². The molecule has 0 unspecified atom stereocenters. The molecule has 1 N–H and O–H groups in total. The fourth-order valence-corrected chi connectivity index (χ4v) is 1.70. The summed E-state index contributed by atoms with van der Waals surface area (Å²) in [6.07, 6.45) is 2.95. The summed E-state index contributed by atoms with van der Waals surface area (Å²) < 4.78 is 13.0. The van der Waals surface area contributed by atoms with E-state index in [9.17, 15) is 9.18 Å². The molecule has 0 atom stereocenters. The zero-order chi connectivity index (χ0) is 13.4. The molecule has 100 valence electrons. The van der Waals surface area contributed by atoms with Crippen molar-refractivity contribution in [3.63, 3.8) is 0 Å². The molecule has 0 aliphatic heterocycles. The minimum atomic E-state index is -0.344. The quantitative estimate of drug-likeness (QED) is 0.819. The van der Waals surface area contributed by atoms with Gasteiger partial charge in [-0.25, -0.2) is 9.18 Å². The highest BCUT2D eigenvalue weighted by molar-refractivity contribution is 5.89. The minimum absolute atomic E-state index is 0.157. The number of benzene rings is 1. The SMILES string of the molecule is CCCCN(CCC)C(=O)Nc1cccc(F)c1. The topological polar surface area (TPSA) is 32.3 Å². The van der Waals surface area contributed by atoms with Crippen LogP contribution in [0.3, 0.4) is 0 Å². The highest BCUT2D eigenvalue weighted by Crippen LogP contribution is 2.10. The molecule has 1 aromatic carbocycles. The van der Waals surface area contributed by atoms with Crippen LogP contribution in [0.5, 0.6) is 0 Å². The standard InChI is InChI=1S/C14H21FN2O/c1-3-5-10-17(9-4-2)14(18)16-13-8-6-7-12(15)11-13/h6-8,11H,3-5,9-10H2,1-2H3,(H,16,18). The summed E-state index contributed by atoms with van der Waals surface area (Å²) in [5.74, 6) is -0.344. The molecule has 0 aliphatic carbocycles. The first-order valence-electron chi connectivity index (χ1n) is 6.48. The van der Waals surface area contributed by atoms with Gasteiger partial charge in [0, 0.05) is 18.8 Å². The van der Waals surface area contributed by atoms with Crippen LogP contribution in [0, 0.1) is 5.82 Å². The highest BCUT2D eigenvalue weighted by atomic mass is 19.1. The molecule has 0 radical (unpaired) electrons. The van der Waals surface area contributed by atoms with Crippen molar-refractivity contribution in [1.29, 1.82) is 0 Å². The maximum Gasteiger partial charge on any atom is 0.321 e. The van der Waals surface area contributed by atoms with Crippen LogP contribution in [-0.2, 0) is 0 Å². The van der Waals surface area contributed by atoms with Gasteiger partial charge in [0.2, 0.25) is 0 Å². The van der Waals surface area contributed by atoms with Crippen LogP contribution in [0.4, 0.5) is 14.9 Å². The minimum Gasteiger partial charge on any atom is -0.325 e. The summed E-state index contributed by atoms with van der Waals surface area (Å²) in [7, 11) is 0. The van der Waals surface area contributed by atoms with E-state index in [1.54, 1.807) is 17.0 Å². The number of hydrogen-bond donors (Lipinski definition) is 1. The molecule has 0 aromatic heterocycles. The van der Waals surface area contributed by atoms with Crippen molar-refractivity contribution in [3.05, 3.63) is 30.1 Å². The Morgan fingerprint density at radius 1 is 1.28 bits per heavy atom. The van der Waals surface area contributed by atoms with Gasteiger partial charge in [0.1, 0.15) is 5.82 Å². The molecule has 18 heavy (non-hydrogen) atoms. The third kappa shape index (κ3) is 4.73. The van der Waals surface area contributed by atoms with E-state index in [4.69, 9.17) is 0 Å². The van der Waals surface area contributed by atoms with Crippen LogP contribution < -0.4 is 5.32 Å². The van der Waals surface area contributed by atoms with Crippen LogP contribution in [0.1, 0.15) is 33.1 Å².